The van der Waals surface area contributed by atoms with E-state index in [4.69, 9.17) is 14.2 Å². The standard InChI is InChI=1S/C27H28O5/c1-19-7-4-5-10-24(19)25(15-16-26(28)31-3)27(29)21-8-6-9-23(17-21)32-18-20-11-13-22(30-2)14-12-20/h4-14,17,25H,15-16,18H2,1-3H3. The molecule has 0 heterocycles. The van der Waals surface area contributed by atoms with Gasteiger partial charge in [-0.2, -0.15) is 0 Å². The number of hydrogen-bond acceptors (Lipinski definition) is 5. The van der Waals surface area contributed by atoms with Crippen molar-refractivity contribution in [1.82, 2.24) is 0 Å². The van der Waals surface area contributed by atoms with E-state index in [1.54, 1.807) is 19.2 Å². The minimum Gasteiger partial charge on any atom is -0.497 e. The van der Waals surface area contributed by atoms with Gasteiger partial charge >= 0.3 is 5.97 Å². The van der Waals surface area contributed by atoms with Gasteiger partial charge in [-0.3, -0.25) is 9.59 Å². The molecule has 3 aromatic rings. The molecule has 0 saturated heterocycles. The fourth-order valence-corrected chi connectivity index (χ4v) is 3.60. The number of hydrogen-bond donors (Lipinski definition) is 0. The fraction of sp³-hybridized carbons (Fsp3) is 0.259. The normalized spacial score (nSPS) is 11.5. The van der Waals surface area contributed by atoms with Crippen LogP contribution in [-0.4, -0.2) is 26.0 Å². The Morgan fingerprint density at radius 1 is 0.875 bits per heavy atom. The first-order chi connectivity index (χ1) is 15.5. The van der Waals surface area contributed by atoms with Crippen LogP contribution in [0.1, 0.15) is 45.8 Å². The van der Waals surface area contributed by atoms with Gasteiger partial charge in [-0.1, -0.05) is 48.5 Å². The second-order valence-corrected chi connectivity index (χ2v) is 7.55. The Bertz CT molecular complexity index is 1060. The number of carbonyl (C=O) groups excluding carboxylic acids is 2. The lowest BCUT2D eigenvalue weighted by Gasteiger charge is -2.18. The maximum atomic E-state index is 13.5. The molecule has 0 bridgehead atoms. The summed E-state index contributed by atoms with van der Waals surface area (Å²) < 4.78 is 15.9. The Morgan fingerprint density at radius 3 is 2.31 bits per heavy atom. The molecule has 1 atom stereocenters. The van der Waals surface area contributed by atoms with Crippen LogP contribution in [0.4, 0.5) is 0 Å². The van der Waals surface area contributed by atoms with Crippen LogP contribution in [-0.2, 0) is 16.1 Å². The molecule has 3 aromatic carbocycles. The summed E-state index contributed by atoms with van der Waals surface area (Å²) >= 11 is 0. The number of esters is 1. The Labute approximate surface area is 188 Å². The minimum atomic E-state index is -0.438. The zero-order valence-corrected chi connectivity index (χ0v) is 18.7. The number of benzene rings is 3. The Kier molecular flexibility index (Phi) is 8.03. The average molecular weight is 433 g/mol. The van der Waals surface area contributed by atoms with Gasteiger partial charge in [-0.05, 0) is 54.3 Å². The van der Waals surface area contributed by atoms with Gasteiger partial charge in [0.1, 0.15) is 18.1 Å². The summed E-state index contributed by atoms with van der Waals surface area (Å²) in [7, 11) is 2.99. The molecule has 0 radical (unpaired) electrons. The van der Waals surface area contributed by atoms with Gasteiger partial charge in [-0.25, -0.2) is 0 Å². The summed E-state index contributed by atoms with van der Waals surface area (Å²) in [5, 5.41) is 0. The van der Waals surface area contributed by atoms with E-state index >= 15 is 0 Å². The SMILES string of the molecule is COC(=O)CCC(C(=O)c1cccc(OCc2ccc(OC)cc2)c1)c1ccccc1C. The zero-order valence-electron chi connectivity index (χ0n) is 18.7. The van der Waals surface area contributed by atoms with E-state index in [0.717, 1.165) is 22.4 Å². The van der Waals surface area contributed by atoms with E-state index < -0.39 is 5.92 Å². The van der Waals surface area contributed by atoms with Gasteiger partial charge < -0.3 is 14.2 Å². The number of ketones is 1. The molecule has 0 aliphatic rings. The van der Waals surface area contributed by atoms with E-state index in [1.165, 1.54) is 7.11 Å². The molecule has 32 heavy (non-hydrogen) atoms. The predicted molar refractivity (Wildman–Crippen MR) is 123 cm³/mol. The van der Waals surface area contributed by atoms with Crippen LogP contribution in [0.15, 0.2) is 72.8 Å². The minimum absolute atomic E-state index is 0.0434. The van der Waals surface area contributed by atoms with Crippen molar-refractivity contribution in [1.29, 1.82) is 0 Å². The van der Waals surface area contributed by atoms with Crippen LogP contribution in [0.5, 0.6) is 11.5 Å². The second-order valence-electron chi connectivity index (χ2n) is 7.55. The van der Waals surface area contributed by atoms with E-state index in [0.29, 0.717) is 24.3 Å². The van der Waals surface area contributed by atoms with Crippen LogP contribution >= 0.6 is 0 Å². The van der Waals surface area contributed by atoms with Gasteiger partial charge in [0.25, 0.3) is 0 Å². The highest BCUT2D eigenvalue weighted by atomic mass is 16.5. The van der Waals surface area contributed by atoms with Crippen molar-refractivity contribution in [2.24, 2.45) is 0 Å². The first kappa shape index (κ1) is 23.1. The van der Waals surface area contributed by atoms with Crippen LogP contribution in [0, 0.1) is 6.92 Å². The lowest BCUT2D eigenvalue weighted by Crippen LogP contribution is -2.16. The summed E-state index contributed by atoms with van der Waals surface area (Å²) in [5.74, 6) is 0.594. The number of methoxy groups -OCH3 is 2. The highest BCUT2D eigenvalue weighted by Crippen LogP contribution is 2.30. The molecular weight excluding hydrogens is 404 g/mol. The maximum absolute atomic E-state index is 13.5. The molecule has 0 aliphatic carbocycles. The summed E-state index contributed by atoms with van der Waals surface area (Å²) in [6.45, 7) is 2.35. The van der Waals surface area contributed by atoms with E-state index in [1.807, 2.05) is 67.6 Å². The number of rotatable bonds is 10. The van der Waals surface area contributed by atoms with E-state index in [-0.39, 0.29) is 18.2 Å². The number of Topliss-reactive ketones (excluding diaryl/α,β-unsaturated/α-hetero) is 1. The Balaban J connectivity index is 1.78. The average Bonchev–Trinajstić information content (AvgIpc) is 2.84. The first-order valence-electron chi connectivity index (χ1n) is 10.5. The molecule has 0 fully saturated rings. The third kappa shape index (κ3) is 5.97. The van der Waals surface area contributed by atoms with Gasteiger partial charge in [0, 0.05) is 17.9 Å². The maximum Gasteiger partial charge on any atom is 0.305 e. The molecule has 0 saturated carbocycles. The highest BCUT2D eigenvalue weighted by molar-refractivity contribution is 6.01. The molecule has 5 nitrogen and oxygen atoms in total. The Morgan fingerprint density at radius 2 is 1.62 bits per heavy atom. The lowest BCUT2D eigenvalue weighted by molar-refractivity contribution is -0.140. The monoisotopic (exact) mass is 432 g/mol. The molecule has 3 rings (SSSR count). The third-order valence-corrected chi connectivity index (χ3v) is 5.43. The molecule has 5 heteroatoms. The molecule has 0 aromatic heterocycles. The number of aryl methyl sites for hydroxylation is 1. The van der Waals surface area contributed by atoms with Crippen LogP contribution in [0.2, 0.25) is 0 Å². The van der Waals surface area contributed by atoms with Crippen molar-refractivity contribution in [3.63, 3.8) is 0 Å². The third-order valence-electron chi connectivity index (χ3n) is 5.43. The van der Waals surface area contributed by atoms with Crippen molar-refractivity contribution in [3.05, 3.63) is 95.1 Å². The highest BCUT2D eigenvalue weighted by Gasteiger charge is 2.24. The number of carbonyl (C=O) groups is 2. The summed E-state index contributed by atoms with van der Waals surface area (Å²) in [5.41, 5.74) is 3.49. The quantitative estimate of drug-likeness (QED) is 0.313. The van der Waals surface area contributed by atoms with Crippen LogP contribution < -0.4 is 9.47 Å². The molecule has 1 unspecified atom stereocenters. The molecule has 166 valence electrons. The van der Waals surface area contributed by atoms with Gasteiger partial charge in [0.15, 0.2) is 5.78 Å². The van der Waals surface area contributed by atoms with E-state index in [2.05, 4.69) is 0 Å². The largest absolute Gasteiger partial charge is 0.497 e. The van der Waals surface area contributed by atoms with Gasteiger partial charge in [0.05, 0.1) is 14.2 Å². The molecule has 0 N–H and O–H groups in total. The fourth-order valence-electron chi connectivity index (χ4n) is 3.60. The molecule has 0 amide bonds. The molecule has 0 spiro atoms. The Hall–Kier alpha value is -3.60. The topological polar surface area (TPSA) is 61.8 Å². The molecular formula is C27H28O5. The van der Waals surface area contributed by atoms with Crippen molar-refractivity contribution >= 4 is 11.8 Å². The van der Waals surface area contributed by atoms with Crippen molar-refractivity contribution in [3.8, 4) is 11.5 Å². The van der Waals surface area contributed by atoms with Crippen LogP contribution in [0.25, 0.3) is 0 Å². The van der Waals surface area contributed by atoms with Gasteiger partial charge in [0.2, 0.25) is 0 Å². The van der Waals surface area contributed by atoms with E-state index in [9.17, 15) is 9.59 Å². The zero-order chi connectivity index (χ0) is 22.9. The smallest absolute Gasteiger partial charge is 0.305 e. The van der Waals surface area contributed by atoms with Crippen molar-refractivity contribution < 1.29 is 23.8 Å². The van der Waals surface area contributed by atoms with Crippen molar-refractivity contribution in [2.75, 3.05) is 14.2 Å². The van der Waals surface area contributed by atoms with Crippen molar-refractivity contribution in [2.45, 2.75) is 32.3 Å². The van der Waals surface area contributed by atoms with Crippen LogP contribution in [0.3, 0.4) is 0 Å². The first-order valence-corrected chi connectivity index (χ1v) is 10.5. The number of ether oxygens (including phenoxy) is 3. The summed E-state index contributed by atoms with van der Waals surface area (Å²) in [6, 6.07) is 22.6. The van der Waals surface area contributed by atoms with Gasteiger partial charge in [-0.15, -0.1) is 0 Å². The molecule has 0 aliphatic heterocycles. The second kappa shape index (κ2) is 11.1. The lowest BCUT2D eigenvalue weighted by atomic mass is 9.85. The summed E-state index contributed by atoms with van der Waals surface area (Å²) in [4.78, 5) is 25.2. The predicted octanol–water partition coefficient (Wildman–Crippen LogP) is 5.50. The summed E-state index contributed by atoms with van der Waals surface area (Å²) in [6.07, 6.45) is 0.558.